The van der Waals surface area contributed by atoms with Gasteiger partial charge in [0, 0.05) is 17.3 Å². The SMILES string of the molecule is CSC(CO)C(C)NC(=O)NC(C)CCc1ccccc1. The monoisotopic (exact) mass is 310 g/mol. The predicted octanol–water partition coefficient (Wildman–Crippen LogP) is 2.42. The normalized spacial score (nSPS) is 15.0. The average molecular weight is 310 g/mol. The van der Waals surface area contributed by atoms with E-state index in [0.717, 1.165) is 12.8 Å². The number of aryl methyl sites for hydroxylation is 1. The molecule has 0 bridgehead atoms. The fourth-order valence-electron chi connectivity index (χ4n) is 2.10. The van der Waals surface area contributed by atoms with Crippen molar-refractivity contribution in [2.45, 2.75) is 44.0 Å². The molecule has 0 aromatic heterocycles. The van der Waals surface area contributed by atoms with Crippen LogP contribution in [-0.4, -0.2) is 41.3 Å². The van der Waals surface area contributed by atoms with E-state index in [1.807, 2.05) is 38.3 Å². The van der Waals surface area contributed by atoms with Crippen molar-refractivity contribution in [3.8, 4) is 0 Å². The van der Waals surface area contributed by atoms with Crippen molar-refractivity contribution in [2.75, 3.05) is 12.9 Å². The number of benzene rings is 1. The van der Waals surface area contributed by atoms with Crippen molar-refractivity contribution >= 4 is 17.8 Å². The standard InChI is InChI=1S/C16H26N2O2S/c1-12(9-10-14-7-5-4-6-8-14)17-16(20)18-13(2)15(11-19)21-3/h4-8,12-13,15,19H,9-11H2,1-3H3,(H2,17,18,20). The van der Waals surface area contributed by atoms with Gasteiger partial charge in [0.25, 0.3) is 0 Å². The number of rotatable bonds is 8. The minimum atomic E-state index is -0.171. The Morgan fingerprint density at radius 2 is 1.90 bits per heavy atom. The molecule has 1 aromatic carbocycles. The molecule has 0 heterocycles. The first-order chi connectivity index (χ1) is 10.1. The lowest BCUT2D eigenvalue weighted by Gasteiger charge is -2.23. The molecular weight excluding hydrogens is 284 g/mol. The first-order valence-corrected chi connectivity index (χ1v) is 8.60. The Morgan fingerprint density at radius 1 is 1.24 bits per heavy atom. The Kier molecular flexibility index (Phi) is 8.23. The molecule has 118 valence electrons. The number of thioether (sulfide) groups is 1. The molecule has 0 radical (unpaired) electrons. The van der Waals surface area contributed by atoms with E-state index in [0.29, 0.717) is 0 Å². The lowest BCUT2D eigenvalue weighted by molar-refractivity contribution is 0.229. The molecule has 0 aliphatic rings. The van der Waals surface area contributed by atoms with Gasteiger partial charge in [0.15, 0.2) is 0 Å². The summed E-state index contributed by atoms with van der Waals surface area (Å²) in [5, 5.41) is 15.1. The largest absolute Gasteiger partial charge is 0.395 e. The van der Waals surface area contributed by atoms with Gasteiger partial charge in [-0.15, -0.1) is 0 Å². The van der Waals surface area contributed by atoms with E-state index in [-0.39, 0.29) is 30.0 Å². The van der Waals surface area contributed by atoms with E-state index in [1.54, 1.807) is 11.8 Å². The van der Waals surface area contributed by atoms with Crippen LogP contribution in [0, 0.1) is 0 Å². The first kappa shape index (κ1) is 17.9. The van der Waals surface area contributed by atoms with Crippen LogP contribution >= 0.6 is 11.8 Å². The van der Waals surface area contributed by atoms with Crippen LogP contribution < -0.4 is 10.6 Å². The number of amides is 2. The van der Waals surface area contributed by atoms with Gasteiger partial charge in [-0.05, 0) is 38.5 Å². The van der Waals surface area contributed by atoms with Crippen LogP contribution in [0.4, 0.5) is 4.79 Å². The second kappa shape index (κ2) is 9.68. The van der Waals surface area contributed by atoms with E-state index in [4.69, 9.17) is 0 Å². The molecule has 0 spiro atoms. The molecule has 0 aliphatic heterocycles. The van der Waals surface area contributed by atoms with Crippen molar-refractivity contribution in [1.29, 1.82) is 0 Å². The van der Waals surface area contributed by atoms with E-state index in [1.165, 1.54) is 5.56 Å². The molecule has 0 aliphatic carbocycles. The summed E-state index contributed by atoms with van der Waals surface area (Å²) in [6, 6.07) is 10.1. The number of aliphatic hydroxyl groups excluding tert-OH is 1. The zero-order chi connectivity index (χ0) is 15.7. The molecule has 1 rings (SSSR count). The van der Waals surface area contributed by atoms with Crippen LogP contribution in [0.15, 0.2) is 30.3 Å². The Balaban J connectivity index is 2.30. The summed E-state index contributed by atoms with van der Waals surface area (Å²) in [6.45, 7) is 3.98. The Labute approximate surface area is 131 Å². The van der Waals surface area contributed by atoms with Crippen LogP contribution in [0.3, 0.4) is 0 Å². The van der Waals surface area contributed by atoms with Gasteiger partial charge in [-0.1, -0.05) is 30.3 Å². The fraction of sp³-hybridized carbons (Fsp3) is 0.562. The van der Waals surface area contributed by atoms with Crippen LogP contribution in [0.25, 0.3) is 0 Å². The minimum Gasteiger partial charge on any atom is -0.395 e. The first-order valence-electron chi connectivity index (χ1n) is 7.31. The molecular formula is C16H26N2O2S. The summed E-state index contributed by atoms with van der Waals surface area (Å²) in [6.07, 6.45) is 3.78. The minimum absolute atomic E-state index is 0.0235. The fourth-order valence-corrected chi connectivity index (χ4v) is 2.73. The second-order valence-corrected chi connectivity index (χ2v) is 6.37. The lowest BCUT2D eigenvalue weighted by atomic mass is 10.1. The highest BCUT2D eigenvalue weighted by Crippen LogP contribution is 2.10. The summed E-state index contributed by atoms with van der Waals surface area (Å²) in [4.78, 5) is 11.9. The summed E-state index contributed by atoms with van der Waals surface area (Å²) in [5.41, 5.74) is 1.28. The molecule has 0 fully saturated rings. The number of urea groups is 1. The zero-order valence-corrected chi connectivity index (χ0v) is 13.8. The summed E-state index contributed by atoms with van der Waals surface area (Å²) >= 11 is 1.55. The topological polar surface area (TPSA) is 61.4 Å². The van der Waals surface area contributed by atoms with E-state index in [2.05, 4.69) is 22.8 Å². The maximum absolute atomic E-state index is 11.9. The molecule has 4 nitrogen and oxygen atoms in total. The van der Waals surface area contributed by atoms with Crippen molar-refractivity contribution in [2.24, 2.45) is 0 Å². The number of nitrogens with one attached hydrogen (secondary N) is 2. The lowest BCUT2D eigenvalue weighted by Crippen LogP contribution is -2.48. The van der Waals surface area contributed by atoms with Gasteiger partial charge >= 0.3 is 6.03 Å². The molecule has 1 aromatic rings. The molecule has 3 unspecified atom stereocenters. The molecule has 0 saturated carbocycles. The maximum atomic E-state index is 11.9. The number of aliphatic hydroxyl groups is 1. The molecule has 21 heavy (non-hydrogen) atoms. The average Bonchev–Trinajstić information content (AvgIpc) is 2.47. The van der Waals surface area contributed by atoms with Crippen molar-refractivity contribution in [3.05, 3.63) is 35.9 Å². The predicted molar refractivity (Wildman–Crippen MR) is 89.7 cm³/mol. The maximum Gasteiger partial charge on any atom is 0.315 e. The van der Waals surface area contributed by atoms with Crippen LogP contribution in [-0.2, 0) is 6.42 Å². The smallest absolute Gasteiger partial charge is 0.315 e. The number of hydrogen-bond acceptors (Lipinski definition) is 3. The highest BCUT2D eigenvalue weighted by atomic mass is 32.2. The summed E-state index contributed by atoms with van der Waals surface area (Å²) in [5.74, 6) is 0. The van der Waals surface area contributed by atoms with E-state index >= 15 is 0 Å². The third-order valence-corrected chi connectivity index (χ3v) is 4.65. The van der Waals surface area contributed by atoms with Gasteiger partial charge in [-0.2, -0.15) is 11.8 Å². The third kappa shape index (κ3) is 6.87. The Morgan fingerprint density at radius 3 is 2.48 bits per heavy atom. The van der Waals surface area contributed by atoms with E-state index in [9.17, 15) is 9.90 Å². The molecule has 2 amide bonds. The third-order valence-electron chi connectivity index (χ3n) is 3.49. The zero-order valence-electron chi connectivity index (χ0n) is 13.0. The van der Waals surface area contributed by atoms with Gasteiger partial charge in [-0.3, -0.25) is 0 Å². The van der Waals surface area contributed by atoms with Crippen LogP contribution in [0.2, 0.25) is 0 Å². The van der Waals surface area contributed by atoms with Crippen LogP contribution in [0.1, 0.15) is 25.8 Å². The van der Waals surface area contributed by atoms with Gasteiger partial charge in [0.05, 0.1) is 6.61 Å². The van der Waals surface area contributed by atoms with Gasteiger partial charge in [0.2, 0.25) is 0 Å². The van der Waals surface area contributed by atoms with Gasteiger partial charge < -0.3 is 15.7 Å². The van der Waals surface area contributed by atoms with Crippen molar-refractivity contribution in [1.82, 2.24) is 10.6 Å². The summed E-state index contributed by atoms with van der Waals surface area (Å²) < 4.78 is 0. The molecule has 0 saturated heterocycles. The quantitative estimate of drug-likeness (QED) is 0.691. The van der Waals surface area contributed by atoms with Crippen LogP contribution in [0.5, 0.6) is 0 Å². The Hall–Kier alpha value is -1.20. The molecule has 3 atom stereocenters. The van der Waals surface area contributed by atoms with Gasteiger partial charge in [-0.25, -0.2) is 4.79 Å². The van der Waals surface area contributed by atoms with Crippen molar-refractivity contribution in [3.63, 3.8) is 0 Å². The van der Waals surface area contributed by atoms with E-state index < -0.39 is 0 Å². The van der Waals surface area contributed by atoms with Gasteiger partial charge in [0.1, 0.15) is 0 Å². The second-order valence-electron chi connectivity index (χ2n) is 5.29. The molecule has 3 N–H and O–H groups in total. The highest BCUT2D eigenvalue weighted by molar-refractivity contribution is 7.99. The Bertz CT molecular complexity index is 410. The van der Waals surface area contributed by atoms with Crippen molar-refractivity contribution < 1.29 is 9.90 Å². The number of carbonyl (C=O) groups is 1. The highest BCUT2D eigenvalue weighted by Gasteiger charge is 2.17. The number of hydrogen-bond donors (Lipinski definition) is 3. The summed E-state index contributed by atoms with van der Waals surface area (Å²) in [7, 11) is 0. The number of carbonyl (C=O) groups excluding carboxylic acids is 1. The molecule has 5 heteroatoms.